The second-order valence-electron chi connectivity index (χ2n) is 8.82. The molecule has 0 fully saturated rings. The molecule has 8 heteroatoms. The van der Waals surface area contributed by atoms with Crippen LogP contribution in [0.4, 0.5) is 21.9 Å². The molecule has 0 saturated heterocycles. The van der Waals surface area contributed by atoms with E-state index in [-0.39, 0.29) is 12.1 Å². The normalized spacial score (nSPS) is 13.0. The first-order valence-corrected chi connectivity index (χ1v) is 11.9. The number of nitrogens with one attached hydrogen (secondary N) is 2. The summed E-state index contributed by atoms with van der Waals surface area (Å²) < 4.78 is 16.2. The van der Waals surface area contributed by atoms with E-state index in [0.717, 1.165) is 24.2 Å². The van der Waals surface area contributed by atoms with Crippen LogP contribution < -0.4 is 34.6 Å². The molecule has 1 heterocycles. The van der Waals surface area contributed by atoms with Crippen molar-refractivity contribution >= 4 is 23.1 Å². The monoisotopic (exact) mass is 490 g/mol. The summed E-state index contributed by atoms with van der Waals surface area (Å²) >= 11 is 0. The molecule has 2 amide bonds. The molecule has 2 N–H and O–H groups in total. The number of hydrogen-bond acceptors (Lipinski definition) is 6. The van der Waals surface area contributed by atoms with Gasteiger partial charge in [-0.3, -0.25) is 0 Å². The van der Waals surface area contributed by atoms with Crippen molar-refractivity contribution in [3.8, 4) is 17.2 Å². The Labute approximate surface area is 212 Å². The highest BCUT2D eigenvalue weighted by molar-refractivity contribution is 5.90. The SMILES string of the molecule is COc1cc(NC(=O)NC[C@@H](c2ccc(N(C)C)cc2)N2CCc3ccccc32)cc(OC)c1OC. The number of hydrogen-bond donors (Lipinski definition) is 2. The van der Waals surface area contributed by atoms with Gasteiger partial charge >= 0.3 is 6.03 Å². The van der Waals surface area contributed by atoms with E-state index in [2.05, 4.69) is 69.0 Å². The lowest BCUT2D eigenvalue weighted by atomic mass is 10.0. The van der Waals surface area contributed by atoms with Gasteiger partial charge in [0, 0.05) is 50.7 Å². The van der Waals surface area contributed by atoms with Gasteiger partial charge in [-0.2, -0.15) is 0 Å². The Morgan fingerprint density at radius 3 is 2.25 bits per heavy atom. The molecule has 0 bridgehead atoms. The Balaban J connectivity index is 1.54. The van der Waals surface area contributed by atoms with E-state index in [4.69, 9.17) is 14.2 Å². The van der Waals surface area contributed by atoms with Crippen molar-refractivity contribution in [2.24, 2.45) is 0 Å². The van der Waals surface area contributed by atoms with Crippen LogP contribution in [0, 0.1) is 0 Å². The van der Waals surface area contributed by atoms with Crippen molar-refractivity contribution in [3.63, 3.8) is 0 Å². The van der Waals surface area contributed by atoms with E-state index in [1.54, 1.807) is 33.5 Å². The Morgan fingerprint density at radius 1 is 0.972 bits per heavy atom. The Kier molecular flexibility index (Phi) is 7.73. The molecule has 3 aromatic carbocycles. The van der Waals surface area contributed by atoms with Crippen molar-refractivity contribution < 1.29 is 19.0 Å². The van der Waals surface area contributed by atoms with Crippen molar-refractivity contribution in [2.45, 2.75) is 12.5 Å². The molecule has 190 valence electrons. The third kappa shape index (κ3) is 5.27. The second-order valence-corrected chi connectivity index (χ2v) is 8.82. The molecular formula is C28H34N4O4. The minimum Gasteiger partial charge on any atom is -0.493 e. The summed E-state index contributed by atoms with van der Waals surface area (Å²) in [5.74, 6) is 1.42. The zero-order chi connectivity index (χ0) is 25.7. The lowest BCUT2D eigenvalue weighted by molar-refractivity contribution is 0.251. The first kappa shape index (κ1) is 25.0. The molecule has 1 atom stereocenters. The molecule has 0 spiro atoms. The van der Waals surface area contributed by atoms with Gasteiger partial charge in [0.2, 0.25) is 5.75 Å². The lowest BCUT2D eigenvalue weighted by Gasteiger charge is -2.31. The van der Waals surface area contributed by atoms with E-state index in [1.807, 2.05) is 14.1 Å². The molecule has 0 unspecified atom stereocenters. The van der Waals surface area contributed by atoms with Crippen LogP contribution >= 0.6 is 0 Å². The van der Waals surface area contributed by atoms with E-state index < -0.39 is 0 Å². The van der Waals surface area contributed by atoms with E-state index in [9.17, 15) is 4.79 Å². The van der Waals surface area contributed by atoms with Gasteiger partial charge < -0.3 is 34.6 Å². The van der Waals surface area contributed by atoms with Gasteiger partial charge in [-0.25, -0.2) is 4.79 Å². The number of anilines is 3. The van der Waals surface area contributed by atoms with Crippen LogP contribution in [0.25, 0.3) is 0 Å². The number of fused-ring (bicyclic) bond motifs is 1. The fraction of sp³-hybridized carbons (Fsp3) is 0.321. The number of carbonyl (C=O) groups excluding carboxylic acids is 1. The highest BCUT2D eigenvalue weighted by Crippen LogP contribution is 2.40. The van der Waals surface area contributed by atoms with Crippen molar-refractivity contribution in [2.75, 3.05) is 63.6 Å². The zero-order valence-corrected chi connectivity index (χ0v) is 21.5. The smallest absolute Gasteiger partial charge is 0.319 e. The molecule has 4 rings (SSSR count). The molecule has 0 saturated carbocycles. The maximum atomic E-state index is 12.9. The van der Waals surface area contributed by atoms with Gasteiger partial charge in [0.15, 0.2) is 11.5 Å². The van der Waals surface area contributed by atoms with Crippen molar-refractivity contribution in [3.05, 3.63) is 71.8 Å². The number of nitrogens with zero attached hydrogens (tertiary/aromatic N) is 2. The van der Waals surface area contributed by atoms with Gasteiger partial charge in [-0.1, -0.05) is 30.3 Å². The summed E-state index contributed by atoms with van der Waals surface area (Å²) in [7, 11) is 8.68. The van der Waals surface area contributed by atoms with Gasteiger partial charge in [0.05, 0.1) is 33.1 Å². The first-order chi connectivity index (χ1) is 17.4. The van der Waals surface area contributed by atoms with Crippen LogP contribution in [-0.2, 0) is 6.42 Å². The predicted molar refractivity (Wildman–Crippen MR) is 144 cm³/mol. The molecule has 36 heavy (non-hydrogen) atoms. The Bertz CT molecular complexity index is 1170. The van der Waals surface area contributed by atoms with E-state index in [0.29, 0.717) is 29.5 Å². The number of benzene rings is 3. The summed E-state index contributed by atoms with van der Waals surface area (Å²) in [4.78, 5) is 17.4. The maximum Gasteiger partial charge on any atom is 0.319 e. The van der Waals surface area contributed by atoms with Gasteiger partial charge in [-0.15, -0.1) is 0 Å². The Morgan fingerprint density at radius 2 is 1.64 bits per heavy atom. The van der Waals surface area contributed by atoms with Gasteiger partial charge in [0.25, 0.3) is 0 Å². The average Bonchev–Trinajstić information content (AvgIpc) is 3.32. The fourth-order valence-electron chi connectivity index (χ4n) is 4.61. The summed E-state index contributed by atoms with van der Waals surface area (Å²) in [5, 5.41) is 5.96. The third-order valence-corrected chi connectivity index (χ3v) is 6.47. The van der Waals surface area contributed by atoms with Crippen molar-refractivity contribution in [1.29, 1.82) is 0 Å². The Hall–Kier alpha value is -4.07. The quantitative estimate of drug-likeness (QED) is 0.453. The highest BCUT2D eigenvalue weighted by Gasteiger charge is 2.27. The number of amides is 2. The zero-order valence-electron chi connectivity index (χ0n) is 21.5. The lowest BCUT2D eigenvalue weighted by Crippen LogP contribution is -2.39. The highest BCUT2D eigenvalue weighted by atomic mass is 16.5. The number of rotatable bonds is 9. The number of ether oxygens (including phenoxy) is 3. The van der Waals surface area contributed by atoms with E-state index in [1.165, 1.54) is 11.3 Å². The van der Waals surface area contributed by atoms with Crippen LogP contribution in [0.15, 0.2) is 60.7 Å². The topological polar surface area (TPSA) is 75.3 Å². The first-order valence-electron chi connectivity index (χ1n) is 11.9. The van der Waals surface area contributed by atoms with Crippen molar-refractivity contribution in [1.82, 2.24) is 5.32 Å². The molecule has 0 radical (unpaired) electrons. The molecule has 1 aliphatic heterocycles. The molecule has 0 aromatic heterocycles. The molecule has 8 nitrogen and oxygen atoms in total. The van der Waals surface area contributed by atoms with Crippen LogP contribution in [0.2, 0.25) is 0 Å². The summed E-state index contributed by atoms with van der Waals surface area (Å²) in [6, 6.07) is 20.0. The number of methoxy groups -OCH3 is 3. The van der Waals surface area contributed by atoms with Crippen LogP contribution in [0.5, 0.6) is 17.2 Å². The average molecular weight is 491 g/mol. The predicted octanol–water partition coefficient (Wildman–Crippen LogP) is 4.70. The molecular weight excluding hydrogens is 456 g/mol. The van der Waals surface area contributed by atoms with Gasteiger partial charge in [-0.05, 0) is 35.7 Å². The molecule has 1 aliphatic rings. The largest absolute Gasteiger partial charge is 0.493 e. The third-order valence-electron chi connectivity index (χ3n) is 6.47. The van der Waals surface area contributed by atoms with Gasteiger partial charge in [0.1, 0.15) is 0 Å². The fourth-order valence-corrected chi connectivity index (χ4v) is 4.61. The van der Waals surface area contributed by atoms with Crippen LogP contribution in [0.1, 0.15) is 17.2 Å². The standard InChI is InChI=1S/C28H34N4O4/c1-31(2)22-12-10-20(11-13-22)24(32-15-14-19-8-6-7-9-23(19)32)18-29-28(33)30-21-16-25(34-3)27(36-5)26(17-21)35-4/h6-13,16-17,24H,14-15,18H2,1-5H3,(H2,29,30,33)/t24-/m0/s1. The number of carbonyl (C=O) groups is 1. The summed E-state index contributed by atoms with van der Waals surface area (Å²) in [5.41, 5.74) is 5.36. The number of urea groups is 1. The minimum atomic E-state index is -0.313. The summed E-state index contributed by atoms with van der Waals surface area (Å²) in [6.07, 6.45) is 0.986. The summed E-state index contributed by atoms with van der Waals surface area (Å²) in [6.45, 7) is 1.33. The minimum absolute atomic E-state index is 0.0180. The van der Waals surface area contributed by atoms with E-state index >= 15 is 0 Å². The number of para-hydroxylation sites is 1. The second kappa shape index (κ2) is 11.1. The molecule has 3 aromatic rings. The molecule has 0 aliphatic carbocycles. The maximum absolute atomic E-state index is 12.9. The van der Waals surface area contributed by atoms with Crippen LogP contribution in [-0.4, -0.2) is 54.5 Å². The van der Waals surface area contributed by atoms with Crippen LogP contribution in [0.3, 0.4) is 0 Å².